The van der Waals surface area contributed by atoms with Crippen LogP contribution in [0.1, 0.15) is 19.8 Å². The Bertz CT molecular complexity index is 1260. The first-order chi connectivity index (χ1) is 14.9. The van der Waals surface area contributed by atoms with Crippen molar-refractivity contribution in [3.05, 3.63) is 53.3 Å². The molecule has 4 rings (SSSR count). The molecule has 0 spiro atoms. The summed E-state index contributed by atoms with van der Waals surface area (Å²) in [4.78, 5) is 18.3. The van der Waals surface area contributed by atoms with Gasteiger partial charge < -0.3 is 9.30 Å². The first-order valence-electron chi connectivity index (χ1n) is 10.2. The number of hydrogen-bond acceptors (Lipinski definition) is 5. The Morgan fingerprint density at radius 3 is 2.65 bits per heavy atom. The van der Waals surface area contributed by atoms with Gasteiger partial charge in [0.25, 0.3) is 5.91 Å². The summed E-state index contributed by atoms with van der Waals surface area (Å²) in [5.74, 6) is -0.113. The van der Waals surface area contributed by atoms with E-state index in [1.54, 1.807) is 12.1 Å². The third-order valence-corrected chi connectivity index (χ3v) is 8.48. The largest absolute Gasteiger partial charge is 0.497 e. The van der Waals surface area contributed by atoms with Gasteiger partial charge in [0.2, 0.25) is 10.0 Å². The van der Waals surface area contributed by atoms with E-state index in [1.807, 2.05) is 35.8 Å². The number of amides is 1. The number of aromatic nitrogens is 1. The number of sulfonamides is 1. The van der Waals surface area contributed by atoms with Crippen LogP contribution in [0.25, 0.3) is 10.2 Å². The van der Waals surface area contributed by atoms with E-state index in [1.165, 1.54) is 34.9 Å². The molecule has 0 aliphatic carbocycles. The van der Waals surface area contributed by atoms with Crippen LogP contribution < -0.4 is 9.54 Å². The number of methoxy groups -OCH3 is 1. The fourth-order valence-corrected chi connectivity index (χ4v) is 6.48. The minimum Gasteiger partial charge on any atom is -0.497 e. The Kier molecular flexibility index (Phi) is 6.27. The van der Waals surface area contributed by atoms with Crippen LogP contribution in [-0.2, 0) is 21.4 Å². The van der Waals surface area contributed by atoms with E-state index < -0.39 is 15.9 Å². The minimum atomic E-state index is -3.68. The third kappa shape index (κ3) is 4.30. The van der Waals surface area contributed by atoms with Gasteiger partial charge in [-0.25, -0.2) is 8.42 Å². The van der Waals surface area contributed by atoms with Gasteiger partial charge in [-0.2, -0.15) is 9.30 Å². The van der Waals surface area contributed by atoms with Crippen molar-refractivity contribution in [3.8, 4) is 5.75 Å². The molecule has 2 aromatic carbocycles. The van der Waals surface area contributed by atoms with Crippen molar-refractivity contribution in [1.29, 1.82) is 0 Å². The molecular weight excluding hydrogens is 434 g/mol. The highest BCUT2D eigenvalue weighted by Gasteiger charge is 2.33. The van der Waals surface area contributed by atoms with Crippen LogP contribution in [0, 0.1) is 5.92 Å². The number of thiazole rings is 1. The lowest BCUT2D eigenvalue weighted by atomic mass is 9.99. The van der Waals surface area contributed by atoms with E-state index in [4.69, 9.17) is 4.74 Å². The molecule has 0 radical (unpaired) electrons. The van der Waals surface area contributed by atoms with Gasteiger partial charge in [-0.3, -0.25) is 4.79 Å². The smallest absolute Gasteiger partial charge is 0.252 e. The van der Waals surface area contributed by atoms with Crippen molar-refractivity contribution in [2.75, 3.05) is 20.2 Å². The summed E-state index contributed by atoms with van der Waals surface area (Å²) in [6.07, 6.45) is 1.26. The number of aryl methyl sites for hydroxylation is 1. The standard InChI is InChI=1S/C22H25N3O4S2/c1-3-25-19-8-4-5-9-20(19)30-22(25)23-21(26)16-7-6-14-24(15-16)31(27,28)18-12-10-17(29-2)11-13-18/h4-5,8-13,16H,3,6-7,14-15H2,1-2H3. The summed E-state index contributed by atoms with van der Waals surface area (Å²) in [7, 11) is -2.14. The number of fused-ring (bicyclic) bond motifs is 1. The zero-order valence-corrected chi connectivity index (χ0v) is 19.2. The number of ether oxygens (including phenoxy) is 1. The van der Waals surface area contributed by atoms with Crippen molar-refractivity contribution in [3.63, 3.8) is 0 Å². The molecule has 0 saturated carbocycles. The molecule has 1 fully saturated rings. The first-order valence-corrected chi connectivity index (χ1v) is 12.5. The Morgan fingerprint density at radius 2 is 1.94 bits per heavy atom. The fourth-order valence-electron chi connectivity index (χ4n) is 3.86. The lowest BCUT2D eigenvalue weighted by Crippen LogP contribution is -2.42. The van der Waals surface area contributed by atoms with Crippen LogP contribution >= 0.6 is 11.3 Å². The zero-order chi connectivity index (χ0) is 22.0. The maximum atomic E-state index is 13.1. The number of benzene rings is 2. The lowest BCUT2D eigenvalue weighted by molar-refractivity contribution is -0.122. The highest BCUT2D eigenvalue weighted by atomic mass is 32.2. The van der Waals surface area contributed by atoms with Crippen molar-refractivity contribution >= 4 is 37.5 Å². The average molecular weight is 460 g/mol. The van der Waals surface area contributed by atoms with Crippen molar-refractivity contribution in [1.82, 2.24) is 8.87 Å². The van der Waals surface area contributed by atoms with E-state index >= 15 is 0 Å². The van der Waals surface area contributed by atoms with Crippen LogP contribution in [0.15, 0.2) is 58.4 Å². The molecule has 1 aliphatic heterocycles. The second kappa shape index (κ2) is 8.94. The predicted octanol–water partition coefficient (Wildman–Crippen LogP) is 3.26. The van der Waals surface area contributed by atoms with E-state index in [2.05, 4.69) is 4.99 Å². The fraction of sp³-hybridized carbons (Fsp3) is 0.364. The second-order valence-corrected chi connectivity index (χ2v) is 10.4. The summed E-state index contributed by atoms with van der Waals surface area (Å²) in [6.45, 7) is 3.27. The summed E-state index contributed by atoms with van der Waals surface area (Å²) in [6, 6.07) is 14.3. The van der Waals surface area contributed by atoms with Crippen LogP contribution in [-0.4, -0.2) is 43.4 Å². The SMILES string of the molecule is CCn1c(=NC(=O)C2CCCN(S(=O)(=O)c3ccc(OC)cc3)C2)sc2ccccc21. The van der Waals surface area contributed by atoms with Crippen LogP contribution in [0.2, 0.25) is 0 Å². The van der Waals surface area contributed by atoms with Gasteiger partial charge in [0.15, 0.2) is 4.80 Å². The summed E-state index contributed by atoms with van der Waals surface area (Å²) in [5, 5.41) is 0. The van der Waals surface area contributed by atoms with Crippen LogP contribution in [0.4, 0.5) is 0 Å². The Balaban J connectivity index is 1.58. The third-order valence-electron chi connectivity index (χ3n) is 5.54. The zero-order valence-electron chi connectivity index (χ0n) is 17.5. The van der Waals surface area contributed by atoms with Crippen LogP contribution in [0.5, 0.6) is 5.75 Å². The molecule has 1 unspecified atom stereocenters. The first kappa shape index (κ1) is 21.7. The highest BCUT2D eigenvalue weighted by molar-refractivity contribution is 7.89. The number of rotatable bonds is 5. The molecule has 1 aliphatic rings. The Hall–Kier alpha value is -2.49. The van der Waals surface area contributed by atoms with Crippen molar-refractivity contribution in [2.45, 2.75) is 31.2 Å². The molecule has 2 heterocycles. The van der Waals surface area contributed by atoms with Gasteiger partial charge in [-0.1, -0.05) is 23.5 Å². The number of carbonyl (C=O) groups excluding carboxylic acids is 1. The van der Waals surface area contributed by atoms with Crippen molar-refractivity contribution < 1.29 is 17.9 Å². The Labute approximate surface area is 185 Å². The summed E-state index contributed by atoms with van der Waals surface area (Å²) < 4.78 is 35.7. The van der Waals surface area contributed by atoms with Gasteiger partial charge in [0, 0.05) is 19.6 Å². The van der Waals surface area contributed by atoms with Gasteiger partial charge in [0.1, 0.15) is 5.75 Å². The molecule has 7 nitrogen and oxygen atoms in total. The lowest BCUT2D eigenvalue weighted by Gasteiger charge is -2.30. The van der Waals surface area contributed by atoms with E-state index in [9.17, 15) is 13.2 Å². The number of para-hydroxylation sites is 1. The van der Waals surface area contributed by atoms with E-state index in [-0.39, 0.29) is 17.3 Å². The topological polar surface area (TPSA) is 81.0 Å². The molecule has 31 heavy (non-hydrogen) atoms. The van der Waals surface area contributed by atoms with Crippen LogP contribution in [0.3, 0.4) is 0 Å². The normalized spacial score (nSPS) is 18.4. The molecular formula is C22H25N3O4S2. The minimum absolute atomic E-state index is 0.147. The quantitative estimate of drug-likeness (QED) is 0.587. The molecule has 0 bridgehead atoms. The number of piperidine rings is 1. The van der Waals surface area contributed by atoms with E-state index in [0.29, 0.717) is 36.5 Å². The average Bonchev–Trinajstić information content (AvgIpc) is 3.16. The predicted molar refractivity (Wildman–Crippen MR) is 121 cm³/mol. The molecule has 1 atom stereocenters. The number of carbonyl (C=O) groups is 1. The molecule has 164 valence electrons. The number of nitrogens with zero attached hydrogens (tertiary/aromatic N) is 3. The molecule has 1 amide bonds. The maximum Gasteiger partial charge on any atom is 0.252 e. The maximum absolute atomic E-state index is 13.1. The molecule has 3 aromatic rings. The summed E-state index contributed by atoms with van der Waals surface area (Å²) >= 11 is 1.48. The molecule has 9 heteroatoms. The number of hydrogen-bond donors (Lipinski definition) is 0. The molecule has 1 aromatic heterocycles. The Morgan fingerprint density at radius 1 is 1.19 bits per heavy atom. The van der Waals surface area contributed by atoms with Gasteiger partial charge in [-0.15, -0.1) is 0 Å². The molecule has 0 N–H and O–H groups in total. The van der Waals surface area contributed by atoms with Gasteiger partial charge in [0.05, 0.1) is 28.1 Å². The molecule has 1 saturated heterocycles. The van der Waals surface area contributed by atoms with Crippen molar-refractivity contribution in [2.24, 2.45) is 10.9 Å². The highest BCUT2D eigenvalue weighted by Crippen LogP contribution is 2.26. The second-order valence-electron chi connectivity index (χ2n) is 7.42. The monoisotopic (exact) mass is 459 g/mol. The van der Waals surface area contributed by atoms with Gasteiger partial charge >= 0.3 is 0 Å². The van der Waals surface area contributed by atoms with E-state index in [0.717, 1.165) is 10.2 Å². The summed E-state index contributed by atoms with van der Waals surface area (Å²) in [5.41, 5.74) is 1.05. The van der Waals surface area contributed by atoms with Gasteiger partial charge in [-0.05, 0) is 56.2 Å².